The highest BCUT2D eigenvalue weighted by Crippen LogP contribution is 2.33. The van der Waals surface area contributed by atoms with Crippen molar-refractivity contribution < 1.29 is 9.53 Å². The van der Waals surface area contributed by atoms with Crippen LogP contribution < -0.4 is 15.0 Å². The molecule has 2 unspecified atom stereocenters. The Kier molecular flexibility index (Phi) is 3.19. The van der Waals surface area contributed by atoms with Crippen molar-refractivity contribution in [2.45, 2.75) is 38.3 Å². The first kappa shape index (κ1) is 12.5. The number of carbonyl (C=O) groups is 1. The zero-order valence-electron chi connectivity index (χ0n) is 11.5. The number of hydrogen-bond donors (Lipinski definition) is 1. The van der Waals surface area contributed by atoms with Gasteiger partial charge in [0, 0.05) is 18.2 Å². The Bertz CT molecular complexity index is 501. The Morgan fingerprint density at radius 3 is 3.00 bits per heavy atom. The molecule has 0 radical (unpaired) electrons. The summed E-state index contributed by atoms with van der Waals surface area (Å²) in [6, 6.07) is 6.62. The van der Waals surface area contributed by atoms with Crippen molar-refractivity contribution in [2.24, 2.45) is 0 Å². The first-order valence-corrected chi connectivity index (χ1v) is 6.91. The summed E-state index contributed by atoms with van der Waals surface area (Å²) in [5, 5.41) is 3.46. The van der Waals surface area contributed by atoms with Crippen molar-refractivity contribution in [1.82, 2.24) is 5.32 Å². The van der Waals surface area contributed by atoms with Gasteiger partial charge in [0.1, 0.15) is 5.75 Å². The van der Waals surface area contributed by atoms with Gasteiger partial charge < -0.3 is 15.0 Å². The second-order valence-corrected chi connectivity index (χ2v) is 5.39. The van der Waals surface area contributed by atoms with Gasteiger partial charge in [0.15, 0.2) is 0 Å². The van der Waals surface area contributed by atoms with E-state index in [9.17, 15) is 4.79 Å². The molecule has 2 fully saturated rings. The summed E-state index contributed by atoms with van der Waals surface area (Å²) in [4.78, 5) is 14.2. The second kappa shape index (κ2) is 4.85. The lowest BCUT2D eigenvalue weighted by Crippen LogP contribution is -2.47. The Hall–Kier alpha value is -1.55. The number of anilines is 1. The zero-order chi connectivity index (χ0) is 13.4. The molecule has 0 aliphatic carbocycles. The van der Waals surface area contributed by atoms with E-state index in [1.165, 1.54) is 0 Å². The number of nitrogens with one attached hydrogen (secondary N) is 1. The molecule has 1 aromatic rings. The van der Waals surface area contributed by atoms with Crippen LogP contribution in [0.4, 0.5) is 5.69 Å². The monoisotopic (exact) mass is 260 g/mol. The minimum atomic E-state index is 0.231. The van der Waals surface area contributed by atoms with E-state index in [-0.39, 0.29) is 5.91 Å². The molecule has 0 saturated carbocycles. The van der Waals surface area contributed by atoms with Gasteiger partial charge in [-0.25, -0.2) is 0 Å². The normalized spacial score (nSPS) is 26.4. The van der Waals surface area contributed by atoms with Crippen LogP contribution in [0, 0.1) is 6.92 Å². The number of carbonyl (C=O) groups excluding carboxylic acids is 1. The van der Waals surface area contributed by atoms with Gasteiger partial charge in [0.25, 0.3) is 0 Å². The van der Waals surface area contributed by atoms with Crippen LogP contribution in [0.25, 0.3) is 0 Å². The van der Waals surface area contributed by atoms with Crippen LogP contribution in [0.3, 0.4) is 0 Å². The lowest BCUT2D eigenvalue weighted by Gasteiger charge is -2.32. The van der Waals surface area contributed by atoms with Crippen molar-refractivity contribution in [3.05, 3.63) is 23.8 Å². The maximum absolute atomic E-state index is 12.3. The number of benzene rings is 1. The van der Waals surface area contributed by atoms with Crippen molar-refractivity contribution >= 4 is 11.6 Å². The Balaban J connectivity index is 1.92. The van der Waals surface area contributed by atoms with Gasteiger partial charge in [-0.1, -0.05) is 0 Å². The number of nitrogens with zero attached hydrogens (tertiary/aromatic N) is 1. The predicted octanol–water partition coefficient (Wildman–Crippen LogP) is 1.86. The first-order chi connectivity index (χ1) is 9.20. The minimum absolute atomic E-state index is 0.231. The highest BCUT2D eigenvalue weighted by Gasteiger charge is 2.41. The fourth-order valence-electron chi connectivity index (χ4n) is 3.27. The summed E-state index contributed by atoms with van der Waals surface area (Å²) in [6.45, 7) is 3.05. The summed E-state index contributed by atoms with van der Waals surface area (Å²) in [5.74, 6) is 1.10. The van der Waals surface area contributed by atoms with Crippen LogP contribution in [0.2, 0.25) is 0 Å². The maximum atomic E-state index is 12.3. The SMILES string of the molecule is COc1ccc(N2C(=O)CC3NCCCC32)cc1C. The summed E-state index contributed by atoms with van der Waals surface area (Å²) >= 11 is 0. The Morgan fingerprint density at radius 2 is 2.26 bits per heavy atom. The minimum Gasteiger partial charge on any atom is -0.496 e. The molecule has 2 saturated heterocycles. The third-order valence-electron chi connectivity index (χ3n) is 4.20. The second-order valence-electron chi connectivity index (χ2n) is 5.39. The van der Waals surface area contributed by atoms with E-state index in [1.807, 2.05) is 30.0 Å². The van der Waals surface area contributed by atoms with Crippen LogP contribution >= 0.6 is 0 Å². The molecule has 0 spiro atoms. The van der Waals surface area contributed by atoms with Gasteiger partial charge in [-0.2, -0.15) is 0 Å². The van der Waals surface area contributed by atoms with Gasteiger partial charge in [0.2, 0.25) is 5.91 Å². The number of ether oxygens (including phenoxy) is 1. The number of rotatable bonds is 2. The Morgan fingerprint density at radius 1 is 1.42 bits per heavy atom. The molecule has 4 heteroatoms. The molecule has 102 valence electrons. The molecule has 1 amide bonds. The predicted molar refractivity (Wildman–Crippen MR) is 74.6 cm³/mol. The molecular formula is C15H20N2O2. The quantitative estimate of drug-likeness (QED) is 0.882. The molecule has 19 heavy (non-hydrogen) atoms. The summed E-state index contributed by atoms with van der Waals surface area (Å²) in [6.07, 6.45) is 2.85. The van der Waals surface area contributed by atoms with Crippen LogP contribution in [0.1, 0.15) is 24.8 Å². The molecule has 2 heterocycles. The highest BCUT2D eigenvalue weighted by molar-refractivity contribution is 5.97. The van der Waals surface area contributed by atoms with Crippen molar-refractivity contribution in [1.29, 1.82) is 0 Å². The molecule has 4 nitrogen and oxygen atoms in total. The molecule has 1 N–H and O–H groups in total. The van der Waals surface area contributed by atoms with Crippen LogP contribution in [0.5, 0.6) is 5.75 Å². The fourth-order valence-corrected chi connectivity index (χ4v) is 3.27. The largest absolute Gasteiger partial charge is 0.496 e. The van der Waals surface area contributed by atoms with E-state index in [1.54, 1.807) is 7.11 Å². The van der Waals surface area contributed by atoms with Crippen molar-refractivity contribution in [3.63, 3.8) is 0 Å². The zero-order valence-corrected chi connectivity index (χ0v) is 11.5. The number of hydrogen-bond acceptors (Lipinski definition) is 3. The molecule has 0 bridgehead atoms. The lowest BCUT2D eigenvalue weighted by atomic mass is 9.99. The van der Waals surface area contributed by atoms with Crippen LogP contribution in [-0.4, -0.2) is 31.6 Å². The first-order valence-electron chi connectivity index (χ1n) is 6.91. The van der Waals surface area contributed by atoms with Gasteiger partial charge in [-0.3, -0.25) is 4.79 Å². The van der Waals surface area contributed by atoms with E-state index in [0.717, 1.165) is 36.4 Å². The van der Waals surface area contributed by atoms with Crippen LogP contribution in [-0.2, 0) is 4.79 Å². The van der Waals surface area contributed by atoms with Crippen molar-refractivity contribution in [3.8, 4) is 5.75 Å². The molecular weight excluding hydrogens is 240 g/mol. The standard InChI is InChI=1S/C15H20N2O2/c1-10-8-11(5-6-14(10)19-2)17-13-4-3-7-16-12(13)9-15(17)18/h5-6,8,12-13,16H,3-4,7,9H2,1-2H3. The number of amides is 1. The molecule has 2 aliphatic rings. The van der Waals surface area contributed by atoms with Gasteiger partial charge in [-0.05, 0) is 50.1 Å². The van der Waals surface area contributed by atoms with Crippen LogP contribution in [0.15, 0.2) is 18.2 Å². The van der Waals surface area contributed by atoms with E-state index in [4.69, 9.17) is 4.74 Å². The van der Waals surface area contributed by atoms with Gasteiger partial charge >= 0.3 is 0 Å². The molecule has 0 aromatic heterocycles. The lowest BCUT2D eigenvalue weighted by molar-refractivity contribution is -0.117. The average molecular weight is 260 g/mol. The summed E-state index contributed by atoms with van der Waals surface area (Å²) in [5.41, 5.74) is 2.07. The Labute approximate surface area is 113 Å². The topological polar surface area (TPSA) is 41.6 Å². The van der Waals surface area contributed by atoms with Crippen molar-refractivity contribution in [2.75, 3.05) is 18.6 Å². The molecule has 3 rings (SSSR count). The van der Waals surface area contributed by atoms with Gasteiger partial charge in [0.05, 0.1) is 13.2 Å². The third kappa shape index (κ3) is 2.10. The fraction of sp³-hybridized carbons (Fsp3) is 0.533. The number of fused-ring (bicyclic) bond motifs is 1. The van der Waals surface area contributed by atoms with E-state index in [2.05, 4.69) is 5.32 Å². The van der Waals surface area contributed by atoms with E-state index < -0.39 is 0 Å². The van der Waals surface area contributed by atoms with Gasteiger partial charge in [-0.15, -0.1) is 0 Å². The third-order valence-corrected chi connectivity index (χ3v) is 4.20. The average Bonchev–Trinajstić information content (AvgIpc) is 2.74. The molecule has 1 aromatic carbocycles. The maximum Gasteiger partial charge on any atom is 0.228 e. The molecule has 2 atom stereocenters. The van der Waals surface area contributed by atoms with E-state index in [0.29, 0.717) is 18.5 Å². The molecule has 2 aliphatic heterocycles. The number of methoxy groups -OCH3 is 1. The smallest absolute Gasteiger partial charge is 0.228 e. The van der Waals surface area contributed by atoms with E-state index >= 15 is 0 Å². The number of piperidine rings is 1. The summed E-state index contributed by atoms with van der Waals surface area (Å²) < 4.78 is 5.28. The highest BCUT2D eigenvalue weighted by atomic mass is 16.5. The summed E-state index contributed by atoms with van der Waals surface area (Å²) in [7, 11) is 1.67. The number of aryl methyl sites for hydroxylation is 1.